The van der Waals surface area contributed by atoms with E-state index in [0.29, 0.717) is 15.8 Å². The van der Waals surface area contributed by atoms with Gasteiger partial charge in [0, 0.05) is 15.8 Å². The maximum atomic E-state index is 7.48. The Morgan fingerprint density at radius 2 is 2.06 bits per heavy atom. The van der Waals surface area contributed by atoms with Crippen LogP contribution in [0.25, 0.3) is 0 Å². The highest BCUT2D eigenvalue weighted by atomic mass is 35.5. The SMILES string of the molecule is Cc1cc(Cl)c(CSC(=N)C(N)=S)cc1Cl. The number of aryl methyl sites for hydroxylation is 1. The molecule has 0 radical (unpaired) electrons. The highest BCUT2D eigenvalue weighted by molar-refractivity contribution is 8.16. The summed E-state index contributed by atoms with van der Waals surface area (Å²) in [7, 11) is 0. The number of halogens is 2. The van der Waals surface area contributed by atoms with Crippen molar-refractivity contribution in [3.05, 3.63) is 33.3 Å². The lowest BCUT2D eigenvalue weighted by atomic mass is 10.2. The molecular weight excluding hydrogens is 283 g/mol. The largest absolute Gasteiger partial charge is 0.388 e. The summed E-state index contributed by atoms with van der Waals surface area (Å²) in [5, 5.41) is 8.97. The van der Waals surface area contributed by atoms with E-state index in [4.69, 9.17) is 34.3 Å². The molecule has 0 bridgehead atoms. The van der Waals surface area contributed by atoms with Crippen LogP contribution in [0.3, 0.4) is 0 Å². The predicted octanol–water partition coefficient (Wildman–Crippen LogP) is 3.80. The molecule has 2 nitrogen and oxygen atoms in total. The van der Waals surface area contributed by atoms with Gasteiger partial charge in [0.2, 0.25) is 0 Å². The number of thiocarbonyl (C=S) groups is 1. The molecule has 0 atom stereocenters. The Hall–Kier alpha value is -0.290. The van der Waals surface area contributed by atoms with Gasteiger partial charge in [-0.25, -0.2) is 0 Å². The van der Waals surface area contributed by atoms with Crippen LogP contribution in [0.5, 0.6) is 0 Å². The summed E-state index contributed by atoms with van der Waals surface area (Å²) >= 11 is 18.0. The third kappa shape index (κ3) is 3.63. The molecule has 86 valence electrons. The smallest absolute Gasteiger partial charge is 0.128 e. The minimum atomic E-state index is 0.0966. The quantitative estimate of drug-likeness (QED) is 0.495. The fourth-order valence-electron chi connectivity index (χ4n) is 1.02. The van der Waals surface area contributed by atoms with Gasteiger partial charge in [-0.15, -0.1) is 0 Å². The van der Waals surface area contributed by atoms with Crippen LogP contribution >= 0.6 is 47.2 Å². The van der Waals surface area contributed by atoms with Crippen LogP contribution in [0.4, 0.5) is 0 Å². The van der Waals surface area contributed by atoms with Gasteiger partial charge in [-0.05, 0) is 30.2 Å². The molecule has 1 aromatic carbocycles. The number of rotatable bonds is 2. The van der Waals surface area contributed by atoms with E-state index in [1.54, 1.807) is 6.07 Å². The van der Waals surface area contributed by atoms with Crippen molar-refractivity contribution in [3.8, 4) is 0 Å². The normalized spacial score (nSPS) is 10.2. The minimum Gasteiger partial charge on any atom is -0.388 e. The molecule has 0 spiro atoms. The molecule has 0 amide bonds. The zero-order valence-corrected chi connectivity index (χ0v) is 11.7. The van der Waals surface area contributed by atoms with Crippen molar-refractivity contribution in [2.24, 2.45) is 5.73 Å². The van der Waals surface area contributed by atoms with Gasteiger partial charge in [0.05, 0.1) is 0 Å². The molecule has 0 aliphatic carbocycles. The summed E-state index contributed by atoms with van der Waals surface area (Å²) in [4.78, 5) is 0.0966. The van der Waals surface area contributed by atoms with Crippen LogP contribution in [0.15, 0.2) is 12.1 Å². The number of hydrogen-bond acceptors (Lipinski definition) is 3. The van der Waals surface area contributed by atoms with Gasteiger partial charge in [-0.3, -0.25) is 5.41 Å². The monoisotopic (exact) mass is 292 g/mol. The zero-order valence-electron chi connectivity index (χ0n) is 8.51. The fourth-order valence-corrected chi connectivity index (χ4v) is 2.43. The minimum absolute atomic E-state index is 0.0966. The average Bonchev–Trinajstić information content (AvgIpc) is 2.20. The van der Waals surface area contributed by atoms with Crippen molar-refractivity contribution in [1.82, 2.24) is 0 Å². The Morgan fingerprint density at radius 3 is 2.62 bits per heavy atom. The van der Waals surface area contributed by atoms with Gasteiger partial charge in [-0.2, -0.15) is 0 Å². The number of hydrogen-bond donors (Lipinski definition) is 2. The summed E-state index contributed by atoms with van der Waals surface area (Å²) in [5.41, 5.74) is 7.13. The van der Waals surface area contributed by atoms with Gasteiger partial charge in [-0.1, -0.05) is 47.2 Å². The van der Waals surface area contributed by atoms with Crippen LogP contribution in [0, 0.1) is 12.3 Å². The van der Waals surface area contributed by atoms with Crippen LogP contribution in [0.1, 0.15) is 11.1 Å². The van der Waals surface area contributed by atoms with Crippen LogP contribution < -0.4 is 5.73 Å². The van der Waals surface area contributed by atoms with E-state index >= 15 is 0 Å². The lowest BCUT2D eigenvalue weighted by Gasteiger charge is -2.07. The number of nitrogens with two attached hydrogens (primary N) is 1. The van der Waals surface area contributed by atoms with Gasteiger partial charge >= 0.3 is 0 Å². The molecule has 0 saturated carbocycles. The van der Waals surface area contributed by atoms with E-state index in [1.165, 1.54) is 11.8 Å². The van der Waals surface area contributed by atoms with Gasteiger partial charge in [0.25, 0.3) is 0 Å². The molecule has 1 aromatic rings. The van der Waals surface area contributed by atoms with Gasteiger partial charge < -0.3 is 5.73 Å². The maximum absolute atomic E-state index is 7.48. The van der Waals surface area contributed by atoms with E-state index in [1.807, 2.05) is 13.0 Å². The molecule has 0 aliphatic heterocycles. The van der Waals surface area contributed by atoms with E-state index in [0.717, 1.165) is 11.1 Å². The molecule has 0 saturated heterocycles. The Labute approximate surface area is 114 Å². The van der Waals surface area contributed by atoms with E-state index in [2.05, 4.69) is 12.2 Å². The molecule has 0 heterocycles. The Kier molecular flexibility index (Phi) is 5.05. The first-order valence-electron chi connectivity index (χ1n) is 4.37. The molecule has 0 fully saturated rings. The second-order valence-electron chi connectivity index (χ2n) is 3.17. The topological polar surface area (TPSA) is 49.9 Å². The summed E-state index contributed by atoms with van der Waals surface area (Å²) in [5.74, 6) is 0.537. The first kappa shape index (κ1) is 13.8. The van der Waals surface area contributed by atoms with E-state index in [9.17, 15) is 0 Å². The first-order valence-corrected chi connectivity index (χ1v) is 6.52. The predicted molar refractivity (Wildman–Crippen MR) is 77.0 cm³/mol. The molecule has 1 rings (SSSR count). The third-order valence-corrected chi connectivity index (χ3v) is 3.98. The van der Waals surface area contributed by atoms with Gasteiger partial charge in [0.15, 0.2) is 0 Å². The van der Waals surface area contributed by atoms with Crippen molar-refractivity contribution in [1.29, 1.82) is 5.41 Å². The summed E-state index contributed by atoms with van der Waals surface area (Å²) in [6, 6.07) is 3.61. The highest BCUT2D eigenvalue weighted by Gasteiger charge is 2.07. The fraction of sp³-hybridized carbons (Fsp3) is 0.200. The zero-order chi connectivity index (χ0) is 12.3. The molecule has 0 unspecified atom stereocenters. The lowest BCUT2D eigenvalue weighted by Crippen LogP contribution is -2.16. The van der Waals surface area contributed by atoms with Crippen molar-refractivity contribution >= 4 is 57.2 Å². The summed E-state index contributed by atoms with van der Waals surface area (Å²) < 4.78 is 0. The molecule has 0 aromatic heterocycles. The van der Waals surface area contributed by atoms with E-state index in [-0.39, 0.29) is 10.0 Å². The maximum Gasteiger partial charge on any atom is 0.128 e. The average molecular weight is 293 g/mol. The Morgan fingerprint density at radius 1 is 1.44 bits per heavy atom. The molecule has 0 aliphatic rings. The Bertz CT molecular complexity index is 447. The molecular formula is C10H10Cl2N2S2. The standard InChI is InChI=1S/C10H10Cl2N2S2/c1-5-2-8(12)6(3-7(5)11)4-16-10(14)9(13)15/h2-3,14H,4H2,1H3,(H2,13,15). The van der Waals surface area contributed by atoms with Crippen LogP contribution in [0.2, 0.25) is 10.0 Å². The molecule has 16 heavy (non-hydrogen) atoms. The lowest BCUT2D eigenvalue weighted by molar-refractivity contribution is 1.37. The first-order chi connectivity index (χ1) is 7.41. The van der Waals surface area contributed by atoms with Crippen LogP contribution in [-0.2, 0) is 5.75 Å². The van der Waals surface area contributed by atoms with Crippen LogP contribution in [-0.4, -0.2) is 10.0 Å². The molecule has 6 heteroatoms. The summed E-state index contributed by atoms with van der Waals surface area (Å²) in [6.07, 6.45) is 0. The second kappa shape index (κ2) is 5.87. The van der Waals surface area contributed by atoms with E-state index < -0.39 is 0 Å². The number of thioether (sulfide) groups is 1. The van der Waals surface area contributed by atoms with Crippen molar-refractivity contribution < 1.29 is 0 Å². The van der Waals surface area contributed by atoms with Gasteiger partial charge in [0.1, 0.15) is 10.0 Å². The molecule has 3 N–H and O–H groups in total. The summed E-state index contributed by atoms with van der Waals surface area (Å²) in [6.45, 7) is 1.89. The number of benzene rings is 1. The second-order valence-corrected chi connectivity index (χ2v) is 5.41. The highest BCUT2D eigenvalue weighted by Crippen LogP contribution is 2.27. The van der Waals surface area contributed by atoms with Crippen molar-refractivity contribution in [2.75, 3.05) is 0 Å². The third-order valence-electron chi connectivity index (χ3n) is 1.92. The van der Waals surface area contributed by atoms with Crippen molar-refractivity contribution in [3.63, 3.8) is 0 Å². The Balaban J connectivity index is 2.78. The van der Waals surface area contributed by atoms with Crippen molar-refractivity contribution in [2.45, 2.75) is 12.7 Å². The number of nitrogens with one attached hydrogen (secondary N) is 1.